The van der Waals surface area contributed by atoms with Gasteiger partial charge in [0.1, 0.15) is 22.3 Å². The first kappa shape index (κ1) is 60.1. The van der Waals surface area contributed by atoms with Crippen molar-refractivity contribution in [2.75, 3.05) is 0 Å². The van der Waals surface area contributed by atoms with E-state index in [0.29, 0.717) is 39.1 Å². The third kappa shape index (κ3) is 12.2. The summed E-state index contributed by atoms with van der Waals surface area (Å²) in [6, 6.07) is 97.7. The van der Waals surface area contributed by atoms with Gasteiger partial charge in [-0.3, -0.25) is 0 Å². The van der Waals surface area contributed by atoms with Crippen LogP contribution in [-0.4, -0.2) is 56.2 Å². The van der Waals surface area contributed by atoms with Crippen LogP contribution >= 0.6 is 34.3 Å². The molecule has 0 unspecified atom stereocenters. The average molecular weight is 1580 g/mol. The van der Waals surface area contributed by atoms with Gasteiger partial charge < -0.3 is 28.0 Å². The van der Waals surface area contributed by atoms with Crippen LogP contribution in [0.15, 0.2) is 373 Å². The lowest BCUT2D eigenvalue weighted by molar-refractivity contribution is 0.426. The maximum Gasteiger partial charge on any atom is 0.489 e. The molecule has 16 heteroatoms. The minimum Gasteiger partial charge on any atom is -0.456 e. The van der Waals surface area contributed by atoms with Crippen molar-refractivity contribution in [2.45, 2.75) is 0 Å². The van der Waals surface area contributed by atoms with Crippen molar-refractivity contribution in [3.8, 4) is 90.6 Å². The zero-order valence-corrected chi connectivity index (χ0v) is 64.3. The van der Waals surface area contributed by atoms with E-state index in [2.05, 4.69) is 188 Å². The second kappa shape index (κ2) is 29.1. The molecule has 0 saturated carbocycles. The molecule has 0 aliphatic heterocycles. The smallest absolute Gasteiger partial charge is 0.456 e. The summed E-state index contributed by atoms with van der Waals surface area (Å²) in [5.41, 5.74) is 15.5. The highest BCUT2D eigenvalue weighted by Gasteiger charge is 2.26. The number of furan rings is 2. The number of fused-ring (bicyclic) bond motifs is 18. The van der Waals surface area contributed by atoms with Gasteiger partial charge in [0.15, 0.2) is 29.1 Å². The predicted octanol–water partition coefficient (Wildman–Crippen LogP) is 26.2. The Morgan fingerprint density at radius 3 is 1.14 bits per heavy atom. The molecule has 0 fully saturated rings. The number of benzene rings is 16. The van der Waals surface area contributed by atoms with Gasteiger partial charge in [0, 0.05) is 128 Å². The van der Waals surface area contributed by atoms with Gasteiger partial charge >= 0.3 is 7.12 Å². The first-order chi connectivity index (χ1) is 62.4. The lowest BCUT2D eigenvalue weighted by atomic mass is 9.79. The average Bonchev–Trinajstić information content (AvgIpc) is 1.51. The number of thiophene rings is 2. The van der Waals surface area contributed by atoms with Gasteiger partial charge in [-0.2, -0.15) is 9.97 Å². The lowest BCUT2D eigenvalue weighted by Gasteiger charge is -2.13. The van der Waals surface area contributed by atoms with Gasteiger partial charge in [0.25, 0.3) is 0 Å². The number of aromatic nitrogens is 8. The summed E-state index contributed by atoms with van der Waals surface area (Å²) >= 11 is 9.36. The standard InChI is InChI=1S/C51H30N4OS.C30H20BNO2S.C21H12ClN3O/c1-3-14-31(15-4-1)35-21-13-25-46-47(35)40-29-34(55-42-22-10-7-18-36(42)37-19-8-11-23-43(37)55)30-41(48(40)57-46)51-53-49(32-16-5-2-6-17-32)52-50(54-51)33-26-27-39-38-20-9-12-24-44(38)56-45(39)28-33;33-31(34)25-18-20(32-26-14-6-4-11-22(26)23-12-5-7-15-27(23)32)17-24-29-21(19-9-2-1-3-10-19)13-8-16-28(29)35-30(24)25;22-21-24-19(13-6-2-1-3-7-13)23-20(25-21)14-10-11-16-15-8-4-5-9-17(15)26-18(16)12-14/h1-30H;1-18,33-34H;1-12H/i2D,5D,6D,16D,17D;;1D,2D,3D,6D,7D. The molecule has 0 radical (unpaired) electrons. The monoisotopic (exact) mass is 1580 g/mol. The Bertz CT molecular complexity index is 8610. The molecule has 0 bridgehead atoms. The number of rotatable bonds is 10. The van der Waals surface area contributed by atoms with Crippen molar-refractivity contribution in [1.29, 1.82) is 0 Å². The molecule has 0 aliphatic carbocycles. The van der Waals surface area contributed by atoms with Crippen molar-refractivity contribution in [1.82, 2.24) is 39.0 Å². The minimum atomic E-state index is -1.57. The molecule has 24 rings (SSSR count). The predicted molar refractivity (Wildman–Crippen MR) is 488 cm³/mol. The Balaban J connectivity index is 0.000000124. The Morgan fingerprint density at radius 2 is 0.669 bits per heavy atom. The molecule has 0 spiro atoms. The van der Waals surface area contributed by atoms with Crippen LogP contribution in [0.4, 0.5) is 0 Å². The number of hydrogen-bond acceptors (Lipinski definition) is 12. The van der Waals surface area contributed by atoms with E-state index in [4.69, 9.17) is 49.1 Å². The molecular weight excluding hydrogens is 1510 g/mol. The number of hydrogen-bond donors (Lipinski definition) is 2. The fourth-order valence-electron chi connectivity index (χ4n) is 16.4. The second-order valence-electron chi connectivity index (χ2n) is 28.4. The Labute approximate surface area is 701 Å². The van der Waals surface area contributed by atoms with Crippen molar-refractivity contribution >= 4 is 175 Å². The van der Waals surface area contributed by atoms with Gasteiger partial charge in [0.05, 0.1) is 35.8 Å². The fourth-order valence-corrected chi connectivity index (χ4v) is 19.0. The molecule has 2 N–H and O–H groups in total. The Hall–Kier alpha value is -14.5. The summed E-state index contributed by atoms with van der Waals surface area (Å²) in [6.07, 6.45) is 0. The first-order valence-corrected chi connectivity index (χ1v) is 40.0. The highest BCUT2D eigenvalue weighted by Crippen LogP contribution is 2.48. The van der Waals surface area contributed by atoms with E-state index in [-0.39, 0.29) is 39.7 Å². The molecule has 8 heterocycles. The second-order valence-corrected chi connectivity index (χ2v) is 30.8. The van der Waals surface area contributed by atoms with E-state index in [1.807, 2.05) is 133 Å². The van der Waals surface area contributed by atoms with E-state index in [9.17, 15) is 10.0 Å². The summed E-state index contributed by atoms with van der Waals surface area (Å²) in [5, 5.41) is 33.4. The molecule has 0 saturated heterocycles. The SMILES string of the molecule is OB(O)c1cc(-n2c3ccccc3c3ccccc32)cc2c1sc1cccc(-c3ccccc3)c12.[2H]c1c([2H])c([2H])c(-c2nc(-c3ccc4c(c3)oc3ccccc34)nc(-c3cc(-n4c5ccccc5c5ccccc54)cc4c3sc3cccc(-c5ccccc5)c34)n2)c([2H])c1[2H].[2H]c1c([2H])c([2H])c(-c2nc(Cl)nc(-c3ccc4c(c3)oc3ccccc34)n2)c([2H])c1[2H]. The Kier molecular flexibility index (Phi) is 14.8. The van der Waals surface area contributed by atoms with Crippen LogP contribution in [0.2, 0.25) is 5.28 Å². The van der Waals surface area contributed by atoms with E-state index in [1.165, 1.54) is 10.8 Å². The van der Waals surface area contributed by atoms with Crippen molar-refractivity contribution in [3.05, 3.63) is 369 Å². The fraction of sp³-hybridized carbons (Fsp3) is 0. The van der Waals surface area contributed by atoms with Crippen LogP contribution < -0.4 is 5.46 Å². The van der Waals surface area contributed by atoms with Crippen LogP contribution in [0.3, 0.4) is 0 Å². The summed E-state index contributed by atoms with van der Waals surface area (Å²) in [7, 11) is -1.57. The van der Waals surface area contributed by atoms with E-state index >= 15 is 0 Å². The summed E-state index contributed by atoms with van der Waals surface area (Å²) in [6.45, 7) is 0. The molecule has 12 nitrogen and oxygen atoms in total. The van der Waals surface area contributed by atoms with Gasteiger partial charge in [-0.25, -0.2) is 19.9 Å². The van der Waals surface area contributed by atoms with Crippen LogP contribution in [0.5, 0.6) is 0 Å². The van der Waals surface area contributed by atoms with Gasteiger partial charge in [-0.05, 0) is 131 Å². The normalized spacial score (nSPS) is 12.9. The highest BCUT2D eigenvalue weighted by molar-refractivity contribution is 7.27. The van der Waals surface area contributed by atoms with Gasteiger partial charge in [-0.15, -0.1) is 22.7 Å². The molecule has 0 atom stereocenters. The van der Waals surface area contributed by atoms with E-state index in [0.717, 1.165) is 140 Å². The molecule has 556 valence electrons. The van der Waals surface area contributed by atoms with Crippen molar-refractivity contribution in [2.24, 2.45) is 0 Å². The van der Waals surface area contributed by atoms with Crippen molar-refractivity contribution < 1.29 is 32.6 Å². The molecule has 8 aromatic heterocycles. The van der Waals surface area contributed by atoms with Crippen LogP contribution in [-0.2, 0) is 0 Å². The van der Waals surface area contributed by atoms with Gasteiger partial charge in [0.2, 0.25) is 5.28 Å². The highest BCUT2D eigenvalue weighted by atomic mass is 35.5. The molecule has 0 amide bonds. The molecule has 24 aromatic rings. The zero-order chi connectivity index (χ0) is 87.2. The minimum absolute atomic E-state index is 0.0341. The van der Waals surface area contributed by atoms with E-state index < -0.39 is 67.5 Å². The van der Waals surface area contributed by atoms with Crippen LogP contribution in [0.25, 0.3) is 218 Å². The maximum absolute atomic E-state index is 10.4. The van der Waals surface area contributed by atoms with Crippen LogP contribution in [0.1, 0.15) is 13.7 Å². The van der Waals surface area contributed by atoms with Crippen LogP contribution in [0, 0.1) is 0 Å². The topological polar surface area (TPSA) is 154 Å². The molecule has 16 aromatic carbocycles. The largest absolute Gasteiger partial charge is 0.489 e. The Morgan fingerprint density at radius 1 is 0.297 bits per heavy atom. The maximum atomic E-state index is 10.4. The number of halogens is 1. The third-order valence-corrected chi connectivity index (χ3v) is 24.1. The summed E-state index contributed by atoms with van der Waals surface area (Å²) < 4.78 is 104. The summed E-state index contributed by atoms with van der Waals surface area (Å²) in [5.74, 6) is 0.622. The first-order valence-electron chi connectivity index (χ1n) is 43.0. The molecule has 0 aliphatic rings. The van der Waals surface area contributed by atoms with E-state index in [1.54, 1.807) is 28.7 Å². The van der Waals surface area contributed by atoms with Crippen molar-refractivity contribution in [3.63, 3.8) is 0 Å². The molecular formula is C102H62BClN8O4S2. The third-order valence-electron chi connectivity index (χ3n) is 21.5. The zero-order valence-electron chi connectivity index (χ0n) is 71.9. The molecule has 118 heavy (non-hydrogen) atoms. The quantitative estimate of drug-likeness (QED) is 0.127. The number of para-hydroxylation sites is 6. The van der Waals surface area contributed by atoms with Gasteiger partial charge in [-0.1, -0.05) is 267 Å². The lowest BCUT2D eigenvalue weighted by Crippen LogP contribution is -2.30. The summed E-state index contributed by atoms with van der Waals surface area (Å²) in [4.78, 5) is 27.7. The number of nitrogens with zero attached hydrogens (tertiary/aromatic N) is 8.